The second-order valence-corrected chi connectivity index (χ2v) is 8.48. The fourth-order valence-electron chi connectivity index (χ4n) is 3.34. The Balaban J connectivity index is 1.93. The first-order valence-corrected chi connectivity index (χ1v) is 10.9. The predicted octanol–water partition coefficient (Wildman–Crippen LogP) is 2.32. The number of methoxy groups -OCH3 is 1. The summed E-state index contributed by atoms with van der Waals surface area (Å²) in [6.45, 7) is 9.93. The highest BCUT2D eigenvalue weighted by Crippen LogP contribution is 2.28. The number of nitrogens with zero attached hydrogens (tertiary/aromatic N) is 2. The maximum Gasteiger partial charge on any atom is 0.258 e. The Hall–Kier alpha value is -2.77. The van der Waals surface area contributed by atoms with Crippen molar-refractivity contribution in [3.63, 3.8) is 0 Å². The van der Waals surface area contributed by atoms with Crippen molar-refractivity contribution in [2.24, 2.45) is 5.92 Å². The van der Waals surface area contributed by atoms with Gasteiger partial charge in [0.1, 0.15) is 0 Å². The van der Waals surface area contributed by atoms with E-state index in [1.807, 2.05) is 18.7 Å². The number of nitrogens with one attached hydrogen (secondary N) is 1. The Labute approximate surface area is 184 Å². The number of carbonyl (C=O) groups is 3. The highest BCUT2D eigenvalue weighted by atomic mass is 16.5. The minimum absolute atomic E-state index is 0.0314. The fourth-order valence-corrected chi connectivity index (χ4v) is 3.34. The van der Waals surface area contributed by atoms with Crippen LogP contribution in [-0.4, -0.2) is 73.5 Å². The topological polar surface area (TPSA) is 88.2 Å². The monoisotopic (exact) mass is 433 g/mol. The van der Waals surface area contributed by atoms with Crippen molar-refractivity contribution in [1.82, 2.24) is 15.1 Å². The normalized spacial score (nSPS) is 14.0. The molecule has 31 heavy (non-hydrogen) atoms. The molecular formula is C23H35N3O5. The summed E-state index contributed by atoms with van der Waals surface area (Å²) < 4.78 is 10.9. The average molecular weight is 434 g/mol. The van der Waals surface area contributed by atoms with Gasteiger partial charge in [-0.25, -0.2) is 0 Å². The first kappa shape index (κ1) is 24.5. The maximum atomic E-state index is 12.9. The minimum atomic E-state index is -0.224. The van der Waals surface area contributed by atoms with Crippen LogP contribution in [0.2, 0.25) is 0 Å². The van der Waals surface area contributed by atoms with Gasteiger partial charge in [-0.3, -0.25) is 14.4 Å². The fraction of sp³-hybridized carbons (Fsp3) is 0.609. The van der Waals surface area contributed by atoms with Crippen LogP contribution in [0.4, 0.5) is 0 Å². The van der Waals surface area contributed by atoms with E-state index in [4.69, 9.17) is 9.47 Å². The van der Waals surface area contributed by atoms with E-state index in [1.165, 1.54) is 7.11 Å². The highest BCUT2D eigenvalue weighted by molar-refractivity contribution is 5.95. The van der Waals surface area contributed by atoms with Crippen LogP contribution in [-0.2, 0) is 9.59 Å². The van der Waals surface area contributed by atoms with E-state index in [0.29, 0.717) is 55.6 Å². The van der Waals surface area contributed by atoms with Gasteiger partial charge in [-0.05, 0) is 44.4 Å². The summed E-state index contributed by atoms with van der Waals surface area (Å²) >= 11 is 0. The van der Waals surface area contributed by atoms with E-state index in [0.717, 1.165) is 6.42 Å². The molecule has 3 amide bonds. The van der Waals surface area contributed by atoms with E-state index in [-0.39, 0.29) is 30.4 Å². The molecule has 8 nitrogen and oxygen atoms in total. The van der Waals surface area contributed by atoms with E-state index in [1.54, 1.807) is 23.1 Å². The smallest absolute Gasteiger partial charge is 0.258 e. The van der Waals surface area contributed by atoms with Gasteiger partial charge in [0.05, 0.1) is 7.11 Å². The molecule has 1 N–H and O–H groups in total. The number of amides is 3. The molecule has 0 atom stereocenters. The van der Waals surface area contributed by atoms with Gasteiger partial charge in [0, 0.05) is 44.2 Å². The Morgan fingerprint density at radius 2 is 1.65 bits per heavy atom. The van der Waals surface area contributed by atoms with Crippen LogP contribution in [0.1, 0.15) is 50.9 Å². The molecule has 1 aromatic carbocycles. The molecule has 1 saturated heterocycles. The lowest BCUT2D eigenvalue weighted by atomic mass is 10.1. The SMILES string of the molecule is COc1cc(C(=O)N2CCN(C(=O)CCC(C)C)CC2)ccc1OCC(=O)NC(C)C. The molecule has 0 saturated carbocycles. The molecule has 1 aliphatic rings. The van der Waals surface area contributed by atoms with Crippen LogP contribution in [0.5, 0.6) is 11.5 Å². The van der Waals surface area contributed by atoms with Crippen LogP contribution < -0.4 is 14.8 Å². The largest absolute Gasteiger partial charge is 0.493 e. The third-order valence-electron chi connectivity index (χ3n) is 5.07. The summed E-state index contributed by atoms with van der Waals surface area (Å²) in [4.78, 5) is 40.6. The molecule has 0 spiro atoms. The lowest BCUT2D eigenvalue weighted by Gasteiger charge is -2.35. The second-order valence-electron chi connectivity index (χ2n) is 8.48. The van der Waals surface area contributed by atoms with Crippen molar-refractivity contribution in [3.8, 4) is 11.5 Å². The van der Waals surface area contributed by atoms with E-state index in [2.05, 4.69) is 19.2 Å². The van der Waals surface area contributed by atoms with Crippen molar-refractivity contribution in [1.29, 1.82) is 0 Å². The lowest BCUT2D eigenvalue weighted by Crippen LogP contribution is -2.50. The summed E-state index contributed by atoms with van der Waals surface area (Å²) in [6, 6.07) is 4.96. The highest BCUT2D eigenvalue weighted by Gasteiger charge is 2.25. The van der Waals surface area contributed by atoms with Crippen molar-refractivity contribution < 1.29 is 23.9 Å². The molecule has 1 fully saturated rings. The summed E-state index contributed by atoms with van der Waals surface area (Å²) in [5, 5.41) is 2.75. The standard InChI is InChI=1S/C23H35N3O5/c1-16(2)6-9-22(28)25-10-12-26(13-11-25)23(29)18-7-8-19(20(14-18)30-5)31-15-21(27)24-17(3)4/h7-8,14,16-17H,6,9-13,15H2,1-5H3,(H,24,27). The van der Waals surface area contributed by atoms with Crippen LogP contribution in [0.25, 0.3) is 0 Å². The van der Waals surface area contributed by atoms with Gasteiger partial charge < -0.3 is 24.6 Å². The molecule has 0 unspecified atom stereocenters. The number of carbonyl (C=O) groups excluding carboxylic acids is 3. The molecule has 1 aliphatic heterocycles. The number of rotatable bonds is 9. The molecule has 1 aromatic rings. The zero-order chi connectivity index (χ0) is 23.0. The maximum absolute atomic E-state index is 12.9. The Morgan fingerprint density at radius 3 is 2.23 bits per heavy atom. The molecular weight excluding hydrogens is 398 g/mol. The zero-order valence-corrected chi connectivity index (χ0v) is 19.3. The van der Waals surface area contributed by atoms with Crippen LogP contribution >= 0.6 is 0 Å². The summed E-state index contributed by atoms with van der Waals surface area (Å²) in [5.41, 5.74) is 0.482. The quantitative estimate of drug-likeness (QED) is 0.646. The van der Waals surface area contributed by atoms with Gasteiger partial charge in [0.2, 0.25) is 5.91 Å². The van der Waals surface area contributed by atoms with Crippen molar-refractivity contribution in [3.05, 3.63) is 23.8 Å². The minimum Gasteiger partial charge on any atom is -0.493 e. The Morgan fingerprint density at radius 1 is 1.00 bits per heavy atom. The average Bonchev–Trinajstić information content (AvgIpc) is 2.75. The Bertz CT molecular complexity index is 770. The van der Waals surface area contributed by atoms with Gasteiger partial charge >= 0.3 is 0 Å². The van der Waals surface area contributed by atoms with Crippen molar-refractivity contribution >= 4 is 17.7 Å². The van der Waals surface area contributed by atoms with Crippen molar-refractivity contribution in [2.45, 2.75) is 46.6 Å². The number of ether oxygens (including phenoxy) is 2. The zero-order valence-electron chi connectivity index (χ0n) is 19.3. The first-order chi connectivity index (χ1) is 14.7. The third kappa shape index (κ3) is 7.45. The van der Waals surface area contributed by atoms with Gasteiger partial charge in [0.25, 0.3) is 11.8 Å². The number of benzene rings is 1. The van der Waals surface area contributed by atoms with Crippen molar-refractivity contribution in [2.75, 3.05) is 39.9 Å². The molecule has 8 heteroatoms. The number of hydrogen-bond acceptors (Lipinski definition) is 5. The molecule has 0 aliphatic carbocycles. The summed E-state index contributed by atoms with van der Waals surface area (Å²) in [6.07, 6.45) is 1.44. The summed E-state index contributed by atoms with van der Waals surface area (Å²) in [5.74, 6) is 1.11. The lowest BCUT2D eigenvalue weighted by molar-refractivity contribution is -0.133. The van der Waals surface area contributed by atoms with Gasteiger partial charge in [-0.1, -0.05) is 13.8 Å². The van der Waals surface area contributed by atoms with Gasteiger partial charge in [-0.15, -0.1) is 0 Å². The molecule has 0 bridgehead atoms. The van der Waals surface area contributed by atoms with E-state index >= 15 is 0 Å². The molecule has 172 valence electrons. The summed E-state index contributed by atoms with van der Waals surface area (Å²) in [7, 11) is 1.49. The molecule has 1 heterocycles. The number of hydrogen-bond donors (Lipinski definition) is 1. The third-order valence-corrected chi connectivity index (χ3v) is 5.07. The molecule has 2 rings (SSSR count). The van der Waals surface area contributed by atoms with Crippen LogP contribution in [0, 0.1) is 5.92 Å². The van der Waals surface area contributed by atoms with E-state index < -0.39 is 0 Å². The molecule has 0 aromatic heterocycles. The van der Waals surface area contributed by atoms with E-state index in [9.17, 15) is 14.4 Å². The van der Waals surface area contributed by atoms with Crippen LogP contribution in [0.15, 0.2) is 18.2 Å². The molecule has 0 radical (unpaired) electrons. The predicted molar refractivity (Wildman–Crippen MR) is 118 cm³/mol. The van der Waals surface area contributed by atoms with Crippen LogP contribution in [0.3, 0.4) is 0 Å². The second kappa shape index (κ2) is 11.6. The van der Waals surface area contributed by atoms with Gasteiger partial charge in [0.15, 0.2) is 18.1 Å². The first-order valence-electron chi connectivity index (χ1n) is 10.9. The number of piperazine rings is 1. The van der Waals surface area contributed by atoms with Gasteiger partial charge in [-0.2, -0.15) is 0 Å². The Kier molecular flexibility index (Phi) is 9.15.